The van der Waals surface area contributed by atoms with Gasteiger partial charge in [0.1, 0.15) is 6.10 Å². The third-order valence-corrected chi connectivity index (χ3v) is 4.75. The molecule has 1 saturated heterocycles. The number of nitrogens with zero attached hydrogens (tertiary/aromatic N) is 2. The SMILES string of the molecule is C.C.C.CC.CC.CC.Cc1ccc(N)cc1.Cc1ccc(N2CC(CO)OC2=O)cc1.Cc1ccc([N+](=O)[O-])cc1.[2HH].[2HH].[2HH].[B].[B].[B]. The monoisotopic (exact) mass is 632 g/mol. The molecule has 3 aromatic carbocycles. The van der Waals surface area contributed by atoms with Gasteiger partial charge in [0.05, 0.1) is 18.1 Å². The summed E-state index contributed by atoms with van der Waals surface area (Å²) in [7, 11) is 0. The summed E-state index contributed by atoms with van der Waals surface area (Å²) in [6, 6.07) is 21.8. The maximum Gasteiger partial charge on any atom is 0.414 e. The van der Waals surface area contributed by atoms with Gasteiger partial charge in [-0.05, 0) is 45.0 Å². The number of ether oxygens (including phenoxy) is 1. The zero-order chi connectivity index (χ0) is 30.4. The Balaban J connectivity index is -0.0000000417. The van der Waals surface area contributed by atoms with E-state index in [1.165, 1.54) is 22.6 Å². The summed E-state index contributed by atoms with van der Waals surface area (Å²) in [5.74, 6) is 0. The zero-order valence-electron chi connectivity index (χ0n) is 26.7. The highest BCUT2D eigenvalue weighted by atomic mass is 16.6. The van der Waals surface area contributed by atoms with Gasteiger partial charge in [-0.3, -0.25) is 15.0 Å². The molecule has 1 amide bonds. The van der Waals surface area contributed by atoms with Crippen molar-refractivity contribution in [3.8, 4) is 0 Å². The van der Waals surface area contributed by atoms with Gasteiger partial charge in [0, 0.05) is 53.0 Å². The van der Waals surface area contributed by atoms with Crippen LogP contribution in [0.5, 0.6) is 0 Å². The van der Waals surface area contributed by atoms with Crippen molar-refractivity contribution in [1.82, 2.24) is 0 Å². The Morgan fingerprint density at radius 2 is 1.11 bits per heavy atom. The first-order valence-corrected chi connectivity index (χ1v) is 13.4. The van der Waals surface area contributed by atoms with Gasteiger partial charge in [-0.25, -0.2) is 4.79 Å². The fourth-order valence-electron chi connectivity index (χ4n) is 2.79. The lowest BCUT2D eigenvalue weighted by atomic mass is 10.2. The van der Waals surface area contributed by atoms with E-state index in [1.54, 1.807) is 12.1 Å². The molecule has 1 unspecified atom stereocenters. The molecule has 0 bridgehead atoms. The van der Waals surface area contributed by atoms with Crippen molar-refractivity contribution in [3.05, 3.63) is 99.6 Å². The van der Waals surface area contributed by atoms with E-state index >= 15 is 0 Å². The maximum absolute atomic E-state index is 11.4. The van der Waals surface area contributed by atoms with Gasteiger partial charge in [-0.1, -0.05) is 117 Å². The molecule has 8 nitrogen and oxygen atoms in total. The second kappa shape index (κ2) is 36.5. The standard InChI is InChI=1S/C11H13NO3.C7H7NO2.C7H9N.3C2H6.3CH4.3B.3H2/c1-8-2-4-9(5-3-8)12-6-10(7-13)15-11(12)14;1-6-2-4-7(5-3-6)8(9)10;1-6-2-4-7(8)5-3-6;3*1-2;;;;;;;;;/h2-5,10,13H,6-7H2,1H3;2-5H,1H3;2-5H,8H2,1H3;3*1-2H3;3*1H4;;;;3*1H/i;;;;;;;;;;;;3*1+1. The van der Waals surface area contributed by atoms with Crippen LogP contribution in [0.25, 0.3) is 0 Å². The van der Waals surface area contributed by atoms with Gasteiger partial charge in [0.15, 0.2) is 0 Å². The number of aliphatic hydroxyl groups excluding tert-OH is 1. The van der Waals surface area contributed by atoms with Gasteiger partial charge in [-0.2, -0.15) is 0 Å². The summed E-state index contributed by atoms with van der Waals surface area (Å²) < 4.78 is 4.94. The molecule has 1 aliphatic heterocycles. The highest BCUT2D eigenvalue weighted by molar-refractivity contribution is 5.89. The van der Waals surface area contributed by atoms with Crippen LogP contribution in [0, 0.1) is 30.9 Å². The number of anilines is 2. The minimum atomic E-state index is -0.404. The van der Waals surface area contributed by atoms with Crippen LogP contribution in [0.4, 0.5) is 21.9 Å². The van der Waals surface area contributed by atoms with Crippen molar-refractivity contribution in [2.45, 2.75) is 90.7 Å². The number of aryl methyl sites for hydroxylation is 3. The quantitative estimate of drug-likeness (QED) is 0.129. The van der Waals surface area contributed by atoms with E-state index in [4.69, 9.17) is 15.6 Å². The molecular weight excluding hydrogens is 563 g/mol. The Morgan fingerprint density at radius 1 is 0.778 bits per heavy atom. The van der Waals surface area contributed by atoms with E-state index < -0.39 is 17.1 Å². The van der Waals surface area contributed by atoms with E-state index in [0.29, 0.717) is 6.54 Å². The van der Waals surface area contributed by atoms with E-state index in [2.05, 4.69) is 0 Å². The lowest BCUT2D eigenvalue weighted by Crippen LogP contribution is -2.25. The predicted molar refractivity (Wildman–Crippen MR) is 207 cm³/mol. The minimum absolute atomic E-state index is 0. The molecule has 11 heteroatoms. The zero-order valence-corrected chi connectivity index (χ0v) is 26.7. The Hall–Kier alpha value is -3.72. The van der Waals surface area contributed by atoms with Crippen molar-refractivity contribution >= 4 is 48.4 Å². The average molecular weight is 631 g/mol. The first-order chi connectivity index (χ1) is 18.7. The number of nitrogen functional groups attached to an aromatic ring is 1. The van der Waals surface area contributed by atoms with Crippen molar-refractivity contribution in [1.29, 1.82) is 0 Å². The number of benzene rings is 3. The number of non-ortho nitro benzene ring substituents is 1. The number of hydrogen-bond acceptors (Lipinski definition) is 6. The molecule has 1 aliphatic rings. The smallest absolute Gasteiger partial charge is 0.414 e. The Bertz CT molecular complexity index is 1050. The first kappa shape index (κ1) is 60.5. The lowest BCUT2D eigenvalue weighted by Gasteiger charge is -2.12. The molecule has 3 aromatic rings. The Morgan fingerprint density at radius 3 is 1.40 bits per heavy atom. The van der Waals surface area contributed by atoms with E-state index in [9.17, 15) is 14.9 Å². The van der Waals surface area contributed by atoms with Crippen LogP contribution < -0.4 is 10.6 Å². The van der Waals surface area contributed by atoms with Gasteiger partial charge in [0.2, 0.25) is 0 Å². The number of hydrogen-bond donors (Lipinski definition) is 2. The molecule has 45 heavy (non-hydrogen) atoms. The molecular formula is C34H65B3N3O5. The molecule has 1 atom stereocenters. The van der Waals surface area contributed by atoms with Gasteiger partial charge < -0.3 is 15.6 Å². The summed E-state index contributed by atoms with van der Waals surface area (Å²) in [6.45, 7) is 18.2. The fraction of sp³-hybridized carbons (Fsp3) is 0.441. The van der Waals surface area contributed by atoms with Crippen molar-refractivity contribution in [2.75, 3.05) is 23.8 Å². The number of nitro benzene ring substituents is 1. The van der Waals surface area contributed by atoms with Crippen LogP contribution in [0.2, 0.25) is 0 Å². The molecule has 0 saturated carbocycles. The molecule has 1 fully saturated rings. The maximum atomic E-state index is 11.4. The van der Waals surface area contributed by atoms with Gasteiger partial charge >= 0.3 is 6.09 Å². The second-order valence-corrected chi connectivity index (χ2v) is 7.64. The number of aliphatic hydroxyl groups is 1. The molecule has 3 N–H and O–H groups in total. The first-order valence-electron chi connectivity index (χ1n) is 13.4. The summed E-state index contributed by atoms with van der Waals surface area (Å²) in [5.41, 5.74) is 10.6. The third kappa shape index (κ3) is 25.3. The summed E-state index contributed by atoms with van der Waals surface area (Å²) in [5, 5.41) is 19.0. The van der Waals surface area contributed by atoms with Crippen molar-refractivity contribution < 1.29 is 23.8 Å². The number of nitro groups is 1. The summed E-state index contributed by atoms with van der Waals surface area (Å²) >= 11 is 0. The van der Waals surface area contributed by atoms with E-state index in [1.807, 2.05) is 111 Å². The number of cyclic esters (lactones) is 1. The summed E-state index contributed by atoms with van der Waals surface area (Å²) in [4.78, 5) is 22.7. The normalized spacial score (nSPS) is 10.9. The molecule has 0 aromatic heterocycles. The Labute approximate surface area is 286 Å². The molecule has 255 valence electrons. The molecule has 4 rings (SSSR count). The summed E-state index contributed by atoms with van der Waals surface area (Å²) in [6.07, 6.45) is -0.795. The lowest BCUT2D eigenvalue weighted by molar-refractivity contribution is -0.384. The highest BCUT2D eigenvalue weighted by Crippen LogP contribution is 2.21. The van der Waals surface area contributed by atoms with E-state index in [-0.39, 0.29) is 64.1 Å². The van der Waals surface area contributed by atoms with Gasteiger partial charge in [-0.15, -0.1) is 0 Å². The highest BCUT2D eigenvalue weighted by Gasteiger charge is 2.31. The van der Waals surface area contributed by atoms with Crippen molar-refractivity contribution in [2.24, 2.45) is 0 Å². The van der Waals surface area contributed by atoms with Crippen LogP contribution >= 0.6 is 0 Å². The van der Waals surface area contributed by atoms with Crippen LogP contribution in [-0.2, 0) is 4.74 Å². The minimum Gasteiger partial charge on any atom is -0.441 e. The largest absolute Gasteiger partial charge is 0.441 e. The number of carbonyl (C=O) groups is 1. The average Bonchev–Trinajstić information content (AvgIpc) is 3.35. The number of carbonyl (C=O) groups excluding carboxylic acids is 1. The van der Waals surface area contributed by atoms with Crippen LogP contribution in [0.3, 0.4) is 0 Å². The predicted octanol–water partition coefficient (Wildman–Crippen LogP) is 9.38. The fourth-order valence-corrected chi connectivity index (χ4v) is 2.79. The molecule has 1 heterocycles. The number of amides is 1. The molecule has 0 aliphatic carbocycles. The molecule has 9 radical (unpaired) electrons. The number of nitrogens with two attached hydrogens (primary N) is 1. The second-order valence-electron chi connectivity index (χ2n) is 7.64. The topological polar surface area (TPSA) is 119 Å². The van der Waals surface area contributed by atoms with Gasteiger partial charge in [0.25, 0.3) is 5.69 Å². The van der Waals surface area contributed by atoms with Crippen LogP contribution in [0.1, 0.15) is 84.8 Å². The van der Waals surface area contributed by atoms with Crippen molar-refractivity contribution in [3.63, 3.8) is 0 Å². The third-order valence-electron chi connectivity index (χ3n) is 4.75. The number of rotatable bonds is 3. The molecule has 0 spiro atoms. The van der Waals surface area contributed by atoms with E-state index in [0.717, 1.165) is 22.5 Å². The van der Waals surface area contributed by atoms with Crippen LogP contribution in [0.15, 0.2) is 72.8 Å². The van der Waals surface area contributed by atoms with Crippen LogP contribution in [-0.4, -0.2) is 60.6 Å². The Kier molecular flexibility index (Phi) is 49.0.